The topological polar surface area (TPSA) is 79.8 Å². The van der Waals surface area contributed by atoms with Crippen LogP contribution in [-0.4, -0.2) is 27.8 Å². The van der Waals surface area contributed by atoms with Crippen LogP contribution in [0, 0.1) is 0 Å². The second kappa shape index (κ2) is 6.83. The van der Waals surface area contributed by atoms with Gasteiger partial charge < -0.3 is 5.32 Å². The average Bonchev–Trinajstić information content (AvgIpc) is 2.98. The number of nitrogens with one attached hydrogen (secondary N) is 2. The zero-order valence-electron chi connectivity index (χ0n) is 13.3. The summed E-state index contributed by atoms with van der Waals surface area (Å²) in [6, 6.07) is 3.35. The van der Waals surface area contributed by atoms with E-state index in [0.29, 0.717) is 12.4 Å². The van der Waals surface area contributed by atoms with Gasteiger partial charge in [0.25, 0.3) is 0 Å². The Kier molecular flexibility index (Phi) is 5.07. The van der Waals surface area contributed by atoms with Crippen LogP contribution in [0.15, 0.2) is 23.7 Å². The van der Waals surface area contributed by atoms with E-state index in [1.165, 1.54) is 0 Å². The van der Waals surface area contributed by atoms with Crippen molar-refractivity contribution in [2.24, 2.45) is 0 Å². The van der Waals surface area contributed by atoms with E-state index < -0.39 is 0 Å². The molecule has 6 nitrogen and oxygen atoms in total. The molecule has 0 unspecified atom stereocenters. The van der Waals surface area contributed by atoms with Crippen LogP contribution >= 0.6 is 11.3 Å². The Balaban J connectivity index is 1.84. The lowest BCUT2D eigenvalue weighted by molar-refractivity contribution is 0.251. The smallest absolute Gasteiger partial charge is 0.320 e. The van der Waals surface area contributed by atoms with E-state index in [1.54, 1.807) is 23.6 Å². The number of hydrogen-bond acceptors (Lipinski definition) is 5. The van der Waals surface area contributed by atoms with E-state index in [2.05, 4.69) is 46.6 Å². The number of amides is 2. The number of anilines is 1. The van der Waals surface area contributed by atoms with Crippen molar-refractivity contribution in [2.45, 2.75) is 39.0 Å². The van der Waals surface area contributed by atoms with Gasteiger partial charge in [-0.25, -0.2) is 9.78 Å². The summed E-state index contributed by atoms with van der Waals surface area (Å²) >= 11 is 1.59. The molecule has 22 heavy (non-hydrogen) atoms. The second-order valence-corrected chi connectivity index (χ2v) is 7.09. The van der Waals surface area contributed by atoms with Gasteiger partial charge in [0.1, 0.15) is 0 Å². The number of carbonyl (C=O) groups is 1. The molecule has 2 rings (SSSR count). The zero-order valence-corrected chi connectivity index (χ0v) is 14.1. The van der Waals surface area contributed by atoms with Gasteiger partial charge in [-0.1, -0.05) is 27.7 Å². The summed E-state index contributed by atoms with van der Waals surface area (Å²) in [5, 5.41) is 16.6. The van der Waals surface area contributed by atoms with Crippen molar-refractivity contribution in [3.05, 3.63) is 34.4 Å². The predicted molar refractivity (Wildman–Crippen MR) is 88.3 cm³/mol. The molecule has 0 bridgehead atoms. The summed E-state index contributed by atoms with van der Waals surface area (Å²) in [5.74, 6) is 0.618. The van der Waals surface area contributed by atoms with Crippen LogP contribution in [0.5, 0.6) is 0 Å². The molecule has 2 N–H and O–H groups in total. The Labute approximate surface area is 134 Å². The van der Waals surface area contributed by atoms with Crippen molar-refractivity contribution in [3.63, 3.8) is 0 Å². The largest absolute Gasteiger partial charge is 0.337 e. The minimum absolute atomic E-state index is 0.0586. The van der Waals surface area contributed by atoms with Gasteiger partial charge in [0.2, 0.25) is 0 Å². The molecule has 2 amide bonds. The van der Waals surface area contributed by atoms with Gasteiger partial charge in [-0.2, -0.15) is 5.10 Å². The van der Waals surface area contributed by atoms with E-state index >= 15 is 0 Å². The SMILES string of the molecule is C[C@H](CNC(=O)Nc1ccc(C(C)(C)C)nn1)c1nccs1. The van der Waals surface area contributed by atoms with Gasteiger partial charge in [0.05, 0.1) is 10.7 Å². The Hall–Kier alpha value is -2.02. The third-order valence-corrected chi connectivity index (χ3v) is 4.12. The minimum atomic E-state index is -0.291. The first kappa shape index (κ1) is 16.4. The van der Waals surface area contributed by atoms with Gasteiger partial charge in [-0.05, 0) is 12.1 Å². The Bertz CT molecular complexity index is 604. The summed E-state index contributed by atoms with van der Waals surface area (Å²) in [7, 11) is 0. The highest BCUT2D eigenvalue weighted by Gasteiger charge is 2.16. The van der Waals surface area contributed by atoms with Crippen LogP contribution in [0.4, 0.5) is 10.6 Å². The summed E-state index contributed by atoms with van der Waals surface area (Å²) in [6.45, 7) is 8.74. The number of rotatable bonds is 4. The molecule has 0 saturated heterocycles. The van der Waals surface area contributed by atoms with Crippen LogP contribution in [0.2, 0.25) is 0 Å². The Morgan fingerprint density at radius 1 is 1.32 bits per heavy atom. The number of nitrogens with zero attached hydrogens (tertiary/aromatic N) is 3. The molecule has 0 aliphatic heterocycles. The average molecular weight is 319 g/mol. The van der Waals surface area contributed by atoms with Crippen LogP contribution < -0.4 is 10.6 Å². The van der Waals surface area contributed by atoms with E-state index in [4.69, 9.17) is 0 Å². The molecule has 0 radical (unpaired) electrons. The molecule has 2 heterocycles. The fourth-order valence-electron chi connectivity index (χ4n) is 1.77. The lowest BCUT2D eigenvalue weighted by atomic mass is 9.92. The lowest BCUT2D eigenvalue weighted by Gasteiger charge is -2.16. The van der Waals surface area contributed by atoms with Gasteiger partial charge in [0.15, 0.2) is 5.82 Å². The highest BCUT2D eigenvalue weighted by molar-refractivity contribution is 7.09. The third kappa shape index (κ3) is 4.49. The first-order valence-electron chi connectivity index (χ1n) is 7.14. The number of urea groups is 1. The predicted octanol–water partition coefficient (Wildman–Crippen LogP) is 3.16. The van der Waals surface area contributed by atoms with E-state index in [9.17, 15) is 4.79 Å². The van der Waals surface area contributed by atoms with Crippen LogP contribution in [-0.2, 0) is 5.41 Å². The molecule has 0 aliphatic rings. The molecular weight excluding hydrogens is 298 g/mol. The van der Waals surface area contributed by atoms with Gasteiger partial charge in [-0.3, -0.25) is 5.32 Å². The molecule has 1 atom stereocenters. The first-order valence-corrected chi connectivity index (χ1v) is 8.02. The number of carbonyl (C=O) groups excluding carboxylic acids is 1. The third-order valence-electron chi connectivity index (χ3n) is 3.12. The molecular formula is C15H21N5OS. The first-order chi connectivity index (χ1) is 10.4. The molecule has 0 fully saturated rings. The summed E-state index contributed by atoms with van der Waals surface area (Å²) in [6.07, 6.45) is 1.77. The van der Waals surface area contributed by atoms with Crippen molar-refractivity contribution in [1.82, 2.24) is 20.5 Å². The number of aromatic nitrogens is 3. The fourth-order valence-corrected chi connectivity index (χ4v) is 2.47. The Morgan fingerprint density at radius 3 is 2.64 bits per heavy atom. The quantitative estimate of drug-likeness (QED) is 0.907. The van der Waals surface area contributed by atoms with Crippen molar-refractivity contribution in [3.8, 4) is 0 Å². The zero-order chi connectivity index (χ0) is 16.2. The van der Waals surface area contributed by atoms with Crippen LogP contribution in [0.3, 0.4) is 0 Å². The van der Waals surface area contributed by atoms with E-state index in [0.717, 1.165) is 10.7 Å². The van der Waals surface area contributed by atoms with Gasteiger partial charge in [-0.15, -0.1) is 16.4 Å². The second-order valence-electron chi connectivity index (χ2n) is 6.16. The molecule has 7 heteroatoms. The van der Waals surface area contributed by atoms with Crippen molar-refractivity contribution in [1.29, 1.82) is 0 Å². The normalized spacial score (nSPS) is 12.7. The van der Waals surface area contributed by atoms with Crippen molar-refractivity contribution in [2.75, 3.05) is 11.9 Å². The maximum Gasteiger partial charge on any atom is 0.320 e. The molecule has 0 aliphatic carbocycles. The molecule has 0 aromatic carbocycles. The maximum absolute atomic E-state index is 11.9. The number of hydrogen-bond donors (Lipinski definition) is 2. The van der Waals surface area contributed by atoms with Gasteiger partial charge >= 0.3 is 6.03 Å². The molecule has 0 saturated carbocycles. The summed E-state index contributed by atoms with van der Waals surface area (Å²) < 4.78 is 0. The standard InChI is InChI=1S/C15H21N5OS/c1-10(13-16-7-8-22-13)9-17-14(21)18-12-6-5-11(19-20-12)15(2,3)4/h5-8,10H,9H2,1-4H3,(H2,17,18,20,21)/t10-/m1/s1. The van der Waals surface area contributed by atoms with E-state index in [-0.39, 0.29) is 17.4 Å². The fraction of sp³-hybridized carbons (Fsp3) is 0.467. The molecule has 2 aromatic rings. The monoisotopic (exact) mass is 319 g/mol. The molecule has 118 valence electrons. The van der Waals surface area contributed by atoms with Crippen molar-refractivity contribution >= 4 is 23.2 Å². The molecule has 2 aromatic heterocycles. The maximum atomic E-state index is 11.9. The minimum Gasteiger partial charge on any atom is -0.337 e. The molecule has 0 spiro atoms. The van der Waals surface area contributed by atoms with Gasteiger partial charge in [0, 0.05) is 29.5 Å². The Morgan fingerprint density at radius 2 is 2.09 bits per heavy atom. The van der Waals surface area contributed by atoms with Crippen molar-refractivity contribution < 1.29 is 4.79 Å². The van der Waals surface area contributed by atoms with Crippen LogP contribution in [0.1, 0.15) is 44.3 Å². The highest BCUT2D eigenvalue weighted by Crippen LogP contribution is 2.19. The van der Waals surface area contributed by atoms with E-state index in [1.807, 2.05) is 18.4 Å². The lowest BCUT2D eigenvalue weighted by Crippen LogP contribution is -2.32. The summed E-state index contributed by atoms with van der Waals surface area (Å²) in [4.78, 5) is 16.1. The van der Waals surface area contributed by atoms with Crippen LogP contribution in [0.25, 0.3) is 0 Å². The highest BCUT2D eigenvalue weighted by atomic mass is 32.1. The number of thiazole rings is 1. The summed E-state index contributed by atoms with van der Waals surface area (Å²) in [5.41, 5.74) is 0.826.